The molecule has 0 amide bonds. The number of hydrogen-bond donors (Lipinski definition) is 1. The molecular formula is C8H5ClF3N5. The number of anilines is 1. The summed E-state index contributed by atoms with van der Waals surface area (Å²) >= 11 is 5.69. The first-order chi connectivity index (χ1) is 7.89. The van der Waals surface area contributed by atoms with Crippen molar-refractivity contribution >= 4 is 17.5 Å². The van der Waals surface area contributed by atoms with Crippen LogP contribution in [0.15, 0.2) is 18.6 Å². The third-order valence-corrected chi connectivity index (χ3v) is 2.20. The Morgan fingerprint density at radius 1 is 1.29 bits per heavy atom. The van der Waals surface area contributed by atoms with Crippen molar-refractivity contribution in [1.82, 2.24) is 19.7 Å². The lowest BCUT2D eigenvalue weighted by Gasteiger charge is -2.09. The second-order valence-corrected chi connectivity index (χ2v) is 3.46. The third-order valence-electron chi connectivity index (χ3n) is 1.92. The van der Waals surface area contributed by atoms with Gasteiger partial charge in [0.25, 0.3) is 0 Å². The zero-order chi connectivity index (χ0) is 12.6. The van der Waals surface area contributed by atoms with Gasteiger partial charge in [0.15, 0.2) is 5.82 Å². The van der Waals surface area contributed by atoms with Gasteiger partial charge in [0.2, 0.25) is 5.95 Å². The van der Waals surface area contributed by atoms with Gasteiger partial charge in [-0.3, -0.25) is 0 Å². The fraction of sp³-hybridized carbons (Fsp3) is 0.125. The maximum absolute atomic E-state index is 12.4. The van der Waals surface area contributed by atoms with E-state index >= 15 is 0 Å². The zero-order valence-corrected chi connectivity index (χ0v) is 8.87. The van der Waals surface area contributed by atoms with Crippen molar-refractivity contribution in [2.45, 2.75) is 6.18 Å². The second-order valence-electron chi connectivity index (χ2n) is 3.06. The molecule has 0 atom stereocenters. The van der Waals surface area contributed by atoms with E-state index in [0.29, 0.717) is 6.20 Å². The maximum atomic E-state index is 12.4. The monoisotopic (exact) mass is 263 g/mol. The summed E-state index contributed by atoms with van der Waals surface area (Å²) in [7, 11) is 0. The number of alkyl halides is 3. The Morgan fingerprint density at radius 2 is 2.00 bits per heavy atom. The molecule has 2 aromatic rings. The van der Waals surface area contributed by atoms with Gasteiger partial charge in [0.05, 0.1) is 10.6 Å². The maximum Gasteiger partial charge on any atom is 0.417 e. The van der Waals surface area contributed by atoms with Crippen LogP contribution in [0.5, 0.6) is 0 Å². The Kier molecular flexibility index (Phi) is 2.66. The van der Waals surface area contributed by atoms with E-state index < -0.39 is 11.7 Å². The molecule has 0 saturated carbocycles. The first-order valence-corrected chi connectivity index (χ1v) is 4.66. The van der Waals surface area contributed by atoms with Gasteiger partial charge in [-0.2, -0.15) is 27.9 Å². The van der Waals surface area contributed by atoms with Crippen LogP contribution < -0.4 is 5.73 Å². The van der Waals surface area contributed by atoms with E-state index in [2.05, 4.69) is 15.1 Å². The zero-order valence-electron chi connectivity index (χ0n) is 8.11. The summed E-state index contributed by atoms with van der Waals surface area (Å²) < 4.78 is 38.1. The Morgan fingerprint density at radius 3 is 2.47 bits per heavy atom. The van der Waals surface area contributed by atoms with E-state index in [4.69, 9.17) is 17.3 Å². The van der Waals surface area contributed by atoms with Crippen molar-refractivity contribution in [3.05, 3.63) is 29.2 Å². The molecule has 0 bridgehead atoms. The molecule has 0 radical (unpaired) electrons. The molecule has 17 heavy (non-hydrogen) atoms. The van der Waals surface area contributed by atoms with Crippen LogP contribution in [-0.2, 0) is 6.18 Å². The van der Waals surface area contributed by atoms with Crippen LogP contribution in [-0.4, -0.2) is 19.7 Å². The highest BCUT2D eigenvalue weighted by Gasteiger charge is 2.31. The van der Waals surface area contributed by atoms with Gasteiger partial charge in [0.1, 0.15) is 6.33 Å². The first kappa shape index (κ1) is 11.6. The lowest BCUT2D eigenvalue weighted by atomic mass is 10.3. The third kappa shape index (κ3) is 2.16. The van der Waals surface area contributed by atoms with Crippen molar-refractivity contribution < 1.29 is 13.2 Å². The molecule has 2 heterocycles. The summed E-state index contributed by atoms with van der Waals surface area (Å²) in [5.41, 5.74) is 4.49. The van der Waals surface area contributed by atoms with Gasteiger partial charge in [-0.15, -0.1) is 0 Å². The van der Waals surface area contributed by atoms with Gasteiger partial charge in [-0.1, -0.05) is 11.6 Å². The summed E-state index contributed by atoms with van der Waals surface area (Å²) in [5, 5.41) is 3.48. The molecule has 0 unspecified atom stereocenters. The quantitative estimate of drug-likeness (QED) is 0.853. The molecule has 0 fully saturated rings. The number of nitrogens with zero attached hydrogens (tertiary/aromatic N) is 4. The fourth-order valence-corrected chi connectivity index (χ4v) is 1.40. The molecule has 0 spiro atoms. The number of nitrogens with two attached hydrogens (primary N) is 1. The van der Waals surface area contributed by atoms with E-state index in [9.17, 15) is 13.2 Å². The molecule has 90 valence electrons. The van der Waals surface area contributed by atoms with E-state index in [1.54, 1.807) is 0 Å². The number of pyridine rings is 1. The van der Waals surface area contributed by atoms with Crippen molar-refractivity contribution in [2.75, 3.05) is 5.73 Å². The molecular weight excluding hydrogens is 259 g/mol. The predicted molar refractivity (Wildman–Crippen MR) is 53.6 cm³/mol. The minimum absolute atomic E-state index is 0.00494. The summed E-state index contributed by atoms with van der Waals surface area (Å²) in [6.45, 7) is 0. The van der Waals surface area contributed by atoms with Gasteiger partial charge in [-0.05, 0) is 6.07 Å². The SMILES string of the molecule is Nc1ncnn1-c1ncc(C(F)(F)F)cc1Cl. The highest BCUT2D eigenvalue weighted by Crippen LogP contribution is 2.31. The molecule has 0 aliphatic heterocycles. The first-order valence-electron chi connectivity index (χ1n) is 4.28. The molecule has 5 nitrogen and oxygen atoms in total. The minimum Gasteiger partial charge on any atom is -0.368 e. The largest absolute Gasteiger partial charge is 0.417 e. The molecule has 0 saturated heterocycles. The number of rotatable bonds is 1. The predicted octanol–water partition coefficient (Wildman–Crippen LogP) is 1.92. The summed E-state index contributed by atoms with van der Waals surface area (Å²) in [6.07, 6.45) is -2.70. The van der Waals surface area contributed by atoms with Gasteiger partial charge in [-0.25, -0.2) is 4.98 Å². The number of nitrogen functional groups attached to an aromatic ring is 1. The molecule has 2 aromatic heterocycles. The molecule has 0 aromatic carbocycles. The summed E-state index contributed by atoms with van der Waals surface area (Å²) in [4.78, 5) is 7.19. The van der Waals surface area contributed by atoms with Gasteiger partial charge in [0, 0.05) is 6.20 Å². The number of aromatic nitrogens is 4. The average molecular weight is 264 g/mol. The van der Waals surface area contributed by atoms with Crippen LogP contribution in [0.25, 0.3) is 5.82 Å². The standard InChI is InChI=1S/C8H5ClF3N5/c9-5-1-4(8(10,11)12)2-14-6(5)17-7(13)15-3-16-17/h1-3H,(H2,13,15,16). The lowest BCUT2D eigenvalue weighted by molar-refractivity contribution is -0.137. The van der Waals surface area contributed by atoms with Crippen LogP contribution in [0.4, 0.5) is 19.1 Å². The second kappa shape index (κ2) is 3.88. The smallest absolute Gasteiger partial charge is 0.368 e. The fourth-order valence-electron chi connectivity index (χ4n) is 1.16. The van der Waals surface area contributed by atoms with Crippen molar-refractivity contribution in [3.8, 4) is 5.82 Å². The Balaban J connectivity index is 2.50. The van der Waals surface area contributed by atoms with E-state index in [-0.39, 0.29) is 16.8 Å². The summed E-state index contributed by atoms with van der Waals surface area (Å²) in [6, 6.07) is 0.755. The van der Waals surface area contributed by atoms with Crippen LogP contribution in [0.3, 0.4) is 0 Å². The number of hydrogen-bond acceptors (Lipinski definition) is 4. The molecule has 0 aliphatic rings. The van der Waals surface area contributed by atoms with Crippen molar-refractivity contribution in [2.24, 2.45) is 0 Å². The highest BCUT2D eigenvalue weighted by atomic mass is 35.5. The van der Waals surface area contributed by atoms with Gasteiger partial charge >= 0.3 is 6.18 Å². The topological polar surface area (TPSA) is 69.6 Å². The van der Waals surface area contributed by atoms with Crippen LogP contribution >= 0.6 is 11.6 Å². The average Bonchev–Trinajstić information content (AvgIpc) is 2.63. The molecule has 2 N–H and O–H groups in total. The Bertz CT molecular complexity index is 550. The normalized spacial score (nSPS) is 11.8. The Hall–Kier alpha value is -1.83. The van der Waals surface area contributed by atoms with E-state index in [1.165, 1.54) is 0 Å². The van der Waals surface area contributed by atoms with Crippen molar-refractivity contribution in [1.29, 1.82) is 0 Å². The minimum atomic E-state index is -4.50. The van der Waals surface area contributed by atoms with Gasteiger partial charge < -0.3 is 5.73 Å². The van der Waals surface area contributed by atoms with Crippen LogP contribution in [0.1, 0.15) is 5.56 Å². The molecule has 2 rings (SSSR count). The van der Waals surface area contributed by atoms with E-state index in [0.717, 1.165) is 17.1 Å². The highest BCUT2D eigenvalue weighted by molar-refractivity contribution is 6.32. The van der Waals surface area contributed by atoms with E-state index in [1.807, 2.05) is 0 Å². The lowest BCUT2D eigenvalue weighted by Crippen LogP contribution is -2.09. The number of halogens is 4. The van der Waals surface area contributed by atoms with Crippen molar-refractivity contribution in [3.63, 3.8) is 0 Å². The Labute approximate surface area is 98.0 Å². The van der Waals surface area contributed by atoms with Crippen LogP contribution in [0, 0.1) is 0 Å². The summed E-state index contributed by atoms with van der Waals surface area (Å²) in [5.74, 6) is -0.0196. The molecule has 9 heteroatoms. The molecule has 0 aliphatic carbocycles. The van der Waals surface area contributed by atoms with Crippen LogP contribution in [0.2, 0.25) is 5.02 Å².